The highest BCUT2D eigenvalue weighted by Gasteiger charge is 2.34. The Morgan fingerprint density at radius 3 is 2.72 bits per heavy atom. The van der Waals surface area contributed by atoms with Crippen LogP contribution in [0.2, 0.25) is 0 Å². The molecule has 1 aliphatic rings. The Hall–Kier alpha value is -1.32. The molecule has 3 nitrogen and oxygen atoms in total. The highest BCUT2D eigenvalue weighted by Crippen LogP contribution is 2.27. The van der Waals surface area contributed by atoms with Crippen molar-refractivity contribution in [3.8, 4) is 5.75 Å². The molecule has 0 unspecified atom stereocenters. The number of epoxide rings is 1. The Labute approximate surface area is 108 Å². The molecule has 0 aliphatic carbocycles. The molecule has 98 valence electrons. The van der Waals surface area contributed by atoms with Gasteiger partial charge < -0.3 is 14.2 Å². The minimum Gasteiger partial charge on any atom is -0.497 e. The molecule has 0 spiro atoms. The SMILES string of the molecule is C=C[C@H]1O[C@@H]1CCCOCc1ccc(OC)cc1. The number of ether oxygens (including phenoxy) is 3. The van der Waals surface area contributed by atoms with Gasteiger partial charge in [0.05, 0.1) is 19.8 Å². The lowest BCUT2D eigenvalue weighted by Crippen LogP contribution is -1.98. The van der Waals surface area contributed by atoms with Gasteiger partial charge in [-0.15, -0.1) is 6.58 Å². The van der Waals surface area contributed by atoms with Gasteiger partial charge in [-0.2, -0.15) is 0 Å². The van der Waals surface area contributed by atoms with E-state index in [0.717, 1.165) is 25.2 Å². The van der Waals surface area contributed by atoms with Crippen LogP contribution in [0.3, 0.4) is 0 Å². The van der Waals surface area contributed by atoms with Crippen LogP contribution in [-0.4, -0.2) is 25.9 Å². The lowest BCUT2D eigenvalue weighted by atomic mass is 10.2. The molecule has 0 bridgehead atoms. The maximum Gasteiger partial charge on any atom is 0.118 e. The predicted octanol–water partition coefficient (Wildman–Crippen LogP) is 2.95. The molecule has 0 saturated carbocycles. The van der Waals surface area contributed by atoms with E-state index in [0.29, 0.717) is 12.7 Å². The summed E-state index contributed by atoms with van der Waals surface area (Å²) >= 11 is 0. The molecule has 2 atom stereocenters. The zero-order valence-corrected chi connectivity index (χ0v) is 10.8. The summed E-state index contributed by atoms with van der Waals surface area (Å²) in [5, 5.41) is 0. The highest BCUT2D eigenvalue weighted by atomic mass is 16.6. The second kappa shape index (κ2) is 6.57. The van der Waals surface area contributed by atoms with Crippen LogP contribution in [0.25, 0.3) is 0 Å². The van der Waals surface area contributed by atoms with Gasteiger partial charge >= 0.3 is 0 Å². The molecule has 0 amide bonds. The Kier molecular flexibility index (Phi) is 4.79. The summed E-state index contributed by atoms with van der Waals surface area (Å²) in [5.41, 5.74) is 1.17. The van der Waals surface area contributed by atoms with Crippen LogP contribution in [0.15, 0.2) is 36.9 Å². The predicted molar refractivity (Wildman–Crippen MR) is 70.7 cm³/mol. The molecule has 1 aliphatic heterocycles. The number of benzene rings is 1. The molecular formula is C15H20O3. The van der Waals surface area contributed by atoms with Crippen LogP contribution in [0.1, 0.15) is 18.4 Å². The van der Waals surface area contributed by atoms with E-state index in [4.69, 9.17) is 14.2 Å². The monoisotopic (exact) mass is 248 g/mol. The van der Waals surface area contributed by atoms with Crippen molar-refractivity contribution in [2.75, 3.05) is 13.7 Å². The van der Waals surface area contributed by atoms with Crippen molar-refractivity contribution in [1.82, 2.24) is 0 Å². The van der Waals surface area contributed by atoms with E-state index in [1.165, 1.54) is 5.56 Å². The highest BCUT2D eigenvalue weighted by molar-refractivity contribution is 5.26. The van der Waals surface area contributed by atoms with Gasteiger partial charge in [-0.1, -0.05) is 18.2 Å². The number of hydrogen-bond donors (Lipinski definition) is 0. The lowest BCUT2D eigenvalue weighted by molar-refractivity contribution is 0.115. The molecule has 1 aromatic carbocycles. The van der Waals surface area contributed by atoms with Crippen molar-refractivity contribution in [1.29, 1.82) is 0 Å². The molecule has 0 radical (unpaired) electrons. The van der Waals surface area contributed by atoms with E-state index < -0.39 is 0 Å². The Bertz CT molecular complexity index is 372. The second-order valence-electron chi connectivity index (χ2n) is 4.42. The molecule has 1 saturated heterocycles. The van der Waals surface area contributed by atoms with Crippen LogP contribution in [-0.2, 0) is 16.1 Å². The fourth-order valence-electron chi connectivity index (χ4n) is 1.89. The van der Waals surface area contributed by atoms with Crippen molar-refractivity contribution in [3.63, 3.8) is 0 Å². The quantitative estimate of drug-likeness (QED) is 0.402. The maximum atomic E-state index is 5.62. The molecule has 0 N–H and O–H groups in total. The minimum atomic E-state index is 0.284. The third kappa shape index (κ3) is 3.86. The average molecular weight is 248 g/mol. The molecule has 1 aromatic rings. The van der Waals surface area contributed by atoms with Crippen molar-refractivity contribution in [2.24, 2.45) is 0 Å². The Balaban J connectivity index is 1.56. The summed E-state index contributed by atoms with van der Waals surface area (Å²) < 4.78 is 16.1. The molecule has 18 heavy (non-hydrogen) atoms. The van der Waals surface area contributed by atoms with E-state index in [1.807, 2.05) is 30.3 Å². The van der Waals surface area contributed by atoms with Gasteiger partial charge in [0.15, 0.2) is 0 Å². The van der Waals surface area contributed by atoms with Gasteiger partial charge in [0.25, 0.3) is 0 Å². The third-order valence-corrected chi connectivity index (χ3v) is 3.06. The van der Waals surface area contributed by atoms with Crippen LogP contribution >= 0.6 is 0 Å². The first-order valence-electron chi connectivity index (χ1n) is 6.32. The summed E-state index contributed by atoms with van der Waals surface area (Å²) in [5.74, 6) is 0.875. The van der Waals surface area contributed by atoms with Crippen molar-refractivity contribution in [2.45, 2.75) is 31.7 Å². The van der Waals surface area contributed by atoms with Gasteiger partial charge in [0.2, 0.25) is 0 Å². The molecule has 1 fully saturated rings. The van der Waals surface area contributed by atoms with E-state index in [9.17, 15) is 0 Å². The van der Waals surface area contributed by atoms with Crippen molar-refractivity contribution >= 4 is 0 Å². The van der Waals surface area contributed by atoms with Gasteiger partial charge in [0, 0.05) is 6.61 Å². The largest absolute Gasteiger partial charge is 0.497 e. The number of methoxy groups -OCH3 is 1. The maximum absolute atomic E-state index is 5.62. The molecule has 2 rings (SSSR count). The normalized spacial score (nSPS) is 21.6. The van der Waals surface area contributed by atoms with Crippen LogP contribution in [0.5, 0.6) is 5.75 Å². The summed E-state index contributed by atoms with van der Waals surface area (Å²) in [4.78, 5) is 0. The summed E-state index contributed by atoms with van der Waals surface area (Å²) in [6.07, 6.45) is 4.62. The first-order valence-corrected chi connectivity index (χ1v) is 6.32. The van der Waals surface area contributed by atoms with Crippen LogP contribution in [0, 0.1) is 0 Å². The average Bonchev–Trinajstić information content (AvgIpc) is 3.18. The van der Waals surface area contributed by atoms with Gasteiger partial charge in [0.1, 0.15) is 11.9 Å². The standard InChI is InChI=1S/C15H20O3/c1-3-14-15(18-14)5-4-10-17-11-12-6-8-13(16-2)9-7-12/h3,6-9,14-15H,1,4-5,10-11H2,2H3/t14-,15-/m1/s1. The zero-order chi connectivity index (χ0) is 12.8. The topological polar surface area (TPSA) is 31.0 Å². The van der Waals surface area contributed by atoms with Crippen LogP contribution in [0.4, 0.5) is 0 Å². The summed E-state index contributed by atoms with van der Waals surface area (Å²) in [7, 11) is 1.67. The molecule has 0 aromatic heterocycles. The first-order chi connectivity index (χ1) is 8.83. The Morgan fingerprint density at radius 2 is 2.11 bits per heavy atom. The fraction of sp³-hybridized carbons (Fsp3) is 0.467. The first kappa shape index (κ1) is 13.1. The molecule has 3 heteroatoms. The van der Waals surface area contributed by atoms with E-state index >= 15 is 0 Å². The zero-order valence-electron chi connectivity index (χ0n) is 10.8. The van der Waals surface area contributed by atoms with Crippen LogP contribution < -0.4 is 4.74 Å². The van der Waals surface area contributed by atoms with E-state index in [2.05, 4.69) is 6.58 Å². The fourth-order valence-corrected chi connectivity index (χ4v) is 1.89. The van der Waals surface area contributed by atoms with Gasteiger partial charge in [-0.05, 0) is 30.5 Å². The smallest absolute Gasteiger partial charge is 0.118 e. The van der Waals surface area contributed by atoms with E-state index in [1.54, 1.807) is 7.11 Å². The minimum absolute atomic E-state index is 0.284. The van der Waals surface area contributed by atoms with E-state index in [-0.39, 0.29) is 6.10 Å². The summed E-state index contributed by atoms with van der Waals surface area (Å²) in [6, 6.07) is 7.95. The molecular weight excluding hydrogens is 228 g/mol. The number of hydrogen-bond acceptors (Lipinski definition) is 3. The van der Waals surface area contributed by atoms with Crippen molar-refractivity contribution in [3.05, 3.63) is 42.5 Å². The lowest BCUT2D eigenvalue weighted by Gasteiger charge is -2.05. The Morgan fingerprint density at radius 1 is 1.33 bits per heavy atom. The summed E-state index contributed by atoms with van der Waals surface area (Å²) in [6.45, 7) is 5.13. The van der Waals surface area contributed by atoms with Gasteiger partial charge in [-0.25, -0.2) is 0 Å². The third-order valence-electron chi connectivity index (χ3n) is 3.06. The molecule has 1 heterocycles. The second-order valence-corrected chi connectivity index (χ2v) is 4.42. The van der Waals surface area contributed by atoms with Crippen molar-refractivity contribution < 1.29 is 14.2 Å². The number of rotatable bonds is 8. The van der Waals surface area contributed by atoms with Gasteiger partial charge in [-0.3, -0.25) is 0 Å².